The smallest absolute Gasteiger partial charge is 0.0730 e. The van der Waals surface area contributed by atoms with Crippen LogP contribution in [0.25, 0.3) is 0 Å². The molecule has 0 aromatic heterocycles. The Morgan fingerprint density at radius 3 is 2.24 bits per heavy atom. The van der Waals surface area contributed by atoms with E-state index in [1.165, 1.54) is 32.5 Å². The van der Waals surface area contributed by atoms with E-state index in [0.717, 1.165) is 25.6 Å². The van der Waals surface area contributed by atoms with Gasteiger partial charge in [-0.1, -0.05) is 20.8 Å². The summed E-state index contributed by atoms with van der Waals surface area (Å²) < 4.78 is 6.02. The van der Waals surface area contributed by atoms with Gasteiger partial charge in [-0.2, -0.15) is 0 Å². The van der Waals surface area contributed by atoms with Gasteiger partial charge < -0.3 is 9.64 Å². The summed E-state index contributed by atoms with van der Waals surface area (Å²) in [5.74, 6) is 2.27. The van der Waals surface area contributed by atoms with Gasteiger partial charge in [-0.15, -0.1) is 0 Å². The van der Waals surface area contributed by atoms with Crippen molar-refractivity contribution < 1.29 is 4.74 Å². The monoisotopic (exact) mass is 296 g/mol. The van der Waals surface area contributed by atoms with Crippen molar-refractivity contribution in [2.75, 3.05) is 39.3 Å². The number of piperidine rings is 1. The van der Waals surface area contributed by atoms with Crippen LogP contribution < -0.4 is 0 Å². The number of hydrogen-bond donors (Lipinski definition) is 0. The van der Waals surface area contributed by atoms with Crippen LogP contribution in [0.1, 0.15) is 47.5 Å². The number of hydrogen-bond acceptors (Lipinski definition) is 3. The lowest BCUT2D eigenvalue weighted by atomic mass is 9.90. The maximum Gasteiger partial charge on any atom is 0.0730 e. The zero-order valence-corrected chi connectivity index (χ0v) is 14.8. The summed E-state index contributed by atoms with van der Waals surface area (Å²) in [6.45, 7) is 18.7. The number of rotatable bonds is 5. The molecule has 2 fully saturated rings. The zero-order valence-electron chi connectivity index (χ0n) is 14.8. The molecule has 2 rings (SSSR count). The van der Waals surface area contributed by atoms with E-state index in [1.54, 1.807) is 0 Å². The lowest BCUT2D eigenvalue weighted by Crippen LogP contribution is -2.49. The van der Waals surface area contributed by atoms with Gasteiger partial charge in [-0.3, -0.25) is 4.90 Å². The van der Waals surface area contributed by atoms with Crippen LogP contribution >= 0.6 is 0 Å². The molecule has 2 unspecified atom stereocenters. The fourth-order valence-electron chi connectivity index (χ4n) is 3.66. The molecule has 0 aromatic carbocycles. The van der Waals surface area contributed by atoms with Gasteiger partial charge in [0.05, 0.1) is 12.7 Å². The summed E-state index contributed by atoms with van der Waals surface area (Å²) in [6.07, 6.45) is 3.19. The fourth-order valence-corrected chi connectivity index (χ4v) is 3.66. The van der Waals surface area contributed by atoms with Crippen LogP contribution in [0.3, 0.4) is 0 Å². The molecule has 0 spiro atoms. The van der Waals surface area contributed by atoms with Crippen molar-refractivity contribution in [1.29, 1.82) is 0 Å². The van der Waals surface area contributed by atoms with Crippen LogP contribution in [0.4, 0.5) is 0 Å². The topological polar surface area (TPSA) is 15.7 Å². The average molecular weight is 296 g/mol. The molecule has 2 saturated heterocycles. The first-order valence-electron chi connectivity index (χ1n) is 9.05. The van der Waals surface area contributed by atoms with Gasteiger partial charge in [0.2, 0.25) is 0 Å². The van der Waals surface area contributed by atoms with Crippen molar-refractivity contribution in [3.05, 3.63) is 0 Å². The van der Waals surface area contributed by atoms with E-state index in [4.69, 9.17) is 4.74 Å². The van der Waals surface area contributed by atoms with Crippen molar-refractivity contribution in [2.45, 2.75) is 59.6 Å². The molecule has 0 radical (unpaired) electrons. The Morgan fingerprint density at radius 2 is 1.67 bits per heavy atom. The average Bonchev–Trinajstić information content (AvgIpc) is 2.47. The summed E-state index contributed by atoms with van der Waals surface area (Å²) in [5, 5.41) is 0. The summed E-state index contributed by atoms with van der Waals surface area (Å²) in [6, 6.07) is 0.714. The van der Waals surface area contributed by atoms with Gasteiger partial charge >= 0.3 is 0 Å². The minimum absolute atomic E-state index is 0.439. The van der Waals surface area contributed by atoms with E-state index in [0.29, 0.717) is 24.0 Å². The van der Waals surface area contributed by atoms with Gasteiger partial charge in [0.1, 0.15) is 0 Å². The van der Waals surface area contributed by atoms with E-state index < -0.39 is 0 Å². The maximum atomic E-state index is 6.02. The molecule has 2 atom stereocenters. The third kappa shape index (κ3) is 4.94. The lowest BCUT2D eigenvalue weighted by molar-refractivity contribution is -0.0680. The SMILES string of the molecule is CC(C)C(C)C1CN(CC2CCN(C(C)C)CC2)CCO1. The molecule has 0 bridgehead atoms. The Bertz CT molecular complexity index is 298. The van der Waals surface area contributed by atoms with E-state index in [1.807, 2.05) is 0 Å². The van der Waals surface area contributed by atoms with Crippen LogP contribution in [0.2, 0.25) is 0 Å². The third-order valence-electron chi connectivity index (χ3n) is 5.71. The zero-order chi connectivity index (χ0) is 15.4. The summed E-state index contributed by atoms with van der Waals surface area (Å²) >= 11 is 0. The van der Waals surface area contributed by atoms with Crippen LogP contribution in [-0.4, -0.2) is 61.3 Å². The first-order valence-corrected chi connectivity index (χ1v) is 9.05. The highest BCUT2D eigenvalue weighted by Crippen LogP contribution is 2.24. The van der Waals surface area contributed by atoms with Crippen molar-refractivity contribution in [2.24, 2.45) is 17.8 Å². The predicted molar refractivity (Wildman–Crippen MR) is 89.6 cm³/mol. The number of nitrogens with zero attached hydrogens (tertiary/aromatic N) is 2. The molecule has 0 amide bonds. The molecule has 2 aliphatic rings. The maximum absolute atomic E-state index is 6.02. The largest absolute Gasteiger partial charge is 0.375 e. The van der Waals surface area contributed by atoms with E-state index in [-0.39, 0.29) is 0 Å². The predicted octanol–water partition coefficient (Wildman–Crippen LogP) is 3.10. The number of likely N-dealkylation sites (tertiary alicyclic amines) is 1. The highest BCUT2D eigenvalue weighted by Gasteiger charge is 2.29. The molecule has 0 aliphatic carbocycles. The lowest BCUT2D eigenvalue weighted by Gasteiger charge is -2.41. The quantitative estimate of drug-likeness (QED) is 0.775. The highest BCUT2D eigenvalue weighted by molar-refractivity contribution is 4.81. The number of ether oxygens (including phenoxy) is 1. The Morgan fingerprint density at radius 1 is 1.00 bits per heavy atom. The minimum atomic E-state index is 0.439. The molecule has 3 heteroatoms. The van der Waals surface area contributed by atoms with Crippen molar-refractivity contribution >= 4 is 0 Å². The van der Waals surface area contributed by atoms with Gasteiger partial charge in [-0.05, 0) is 57.5 Å². The molecule has 124 valence electrons. The first-order chi connectivity index (χ1) is 9.97. The fraction of sp³-hybridized carbons (Fsp3) is 1.00. The second-order valence-corrected chi connectivity index (χ2v) is 7.85. The Hall–Kier alpha value is -0.120. The van der Waals surface area contributed by atoms with E-state index in [2.05, 4.69) is 44.4 Å². The molecule has 0 saturated carbocycles. The van der Waals surface area contributed by atoms with Crippen molar-refractivity contribution in [1.82, 2.24) is 9.80 Å². The standard InChI is InChI=1S/C18H36N2O/c1-14(2)16(5)18-13-19(10-11-21-18)12-17-6-8-20(9-7-17)15(3)4/h14-18H,6-13H2,1-5H3. The Balaban J connectivity index is 1.76. The van der Waals surface area contributed by atoms with Gasteiger partial charge in [0, 0.05) is 25.7 Å². The second kappa shape index (κ2) is 7.94. The molecular formula is C18H36N2O. The second-order valence-electron chi connectivity index (χ2n) is 7.85. The summed E-state index contributed by atoms with van der Waals surface area (Å²) in [7, 11) is 0. The molecule has 21 heavy (non-hydrogen) atoms. The van der Waals surface area contributed by atoms with Crippen LogP contribution in [0.15, 0.2) is 0 Å². The van der Waals surface area contributed by atoms with Gasteiger partial charge in [0.25, 0.3) is 0 Å². The first kappa shape index (κ1) is 17.2. The van der Waals surface area contributed by atoms with Crippen LogP contribution in [-0.2, 0) is 4.74 Å². The molecular weight excluding hydrogens is 260 g/mol. The molecule has 3 nitrogen and oxygen atoms in total. The van der Waals surface area contributed by atoms with Crippen molar-refractivity contribution in [3.63, 3.8) is 0 Å². The molecule has 2 aliphatic heterocycles. The van der Waals surface area contributed by atoms with E-state index >= 15 is 0 Å². The molecule has 2 heterocycles. The van der Waals surface area contributed by atoms with Crippen molar-refractivity contribution in [3.8, 4) is 0 Å². The van der Waals surface area contributed by atoms with Crippen LogP contribution in [0, 0.1) is 17.8 Å². The normalized spacial score (nSPS) is 28.4. The molecule has 0 aromatic rings. The molecule has 0 N–H and O–H groups in total. The minimum Gasteiger partial charge on any atom is -0.375 e. The van der Waals surface area contributed by atoms with E-state index in [9.17, 15) is 0 Å². The summed E-state index contributed by atoms with van der Waals surface area (Å²) in [4.78, 5) is 5.29. The van der Waals surface area contributed by atoms with Gasteiger partial charge in [0.15, 0.2) is 0 Å². The number of morpholine rings is 1. The Labute approximate surface area is 132 Å². The summed E-state index contributed by atoms with van der Waals surface area (Å²) in [5.41, 5.74) is 0. The Kier molecular flexibility index (Phi) is 6.51. The van der Waals surface area contributed by atoms with Crippen LogP contribution in [0.5, 0.6) is 0 Å². The van der Waals surface area contributed by atoms with Gasteiger partial charge in [-0.25, -0.2) is 0 Å². The highest BCUT2D eigenvalue weighted by atomic mass is 16.5. The third-order valence-corrected chi connectivity index (χ3v) is 5.71.